The average Bonchev–Trinajstić information content (AvgIpc) is 3.02. The number of nitrogens with one attached hydrogen (secondary N) is 1. The van der Waals surface area contributed by atoms with Gasteiger partial charge in [0.05, 0.1) is 13.2 Å². The lowest BCUT2D eigenvalue weighted by atomic mass is 10.2. The molecule has 21 heavy (non-hydrogen) atoms. The Morgan fingerprint density at radius 1 is 1.10 bits per heavy atom. The van der Waals surface area contributed by atoms with Crippen LogP contribution in [0.4, 0.5) is 11.4 Å². The lowest BCUT2D eigenvalue weighted by Gasteiger charge is -2.28. The van der Waals surface area contributed by atoms with E-state index in [4.69, 9.17) is 4.74 Å². The van der Waals surface area contributed by atoms with E-state index in [9.17, 15) is 0 Å². The molecule has 0 amide bonds. The highest BCUT2D eigenvalue weighted by molar-refractivity contribution is 5.55. The van der Waals surface area contributed by atoms with Gasteiger partial charge in [-0.05, 0) is 42.8 Å². The van der Waals surface area contributed by atoms with Crippen molar-refractivity contribution in [1.82, 2.24) is 4.57 Å². The van der Waals surface area contributed by atoms with Gasteiger partial charge in [0.15, 0.2) is 0 Å². The average molecular weight is 285 g/mol. The van der Waals surface area contributed by atoms with Gasteiger partial charge in [-0.2, -0.15) is 0 Å². The molecule has 112 valence electrons. The van der Waals surface area contributed by atoms with Gasteiger partial charge in [0, 0.05) is 49.9 Å². The van der Waals surface area contributed by atoms with E-state index in [2.05, 4.69) is 64.4 Å². The summed E-state index contributed by atoms with van der Waals surface area (Å²) in [6, 6.07) is 10.8. The van der Waals surface area contributed by atoms with Crippen LogP contribution in [0.15, 0.2) is 42.7 Å². The van der Waals surface area contributed by atoms with Crippen LogP contribution < -0.4 is 10.2 Å². The fourth-order valence-corrected chi connectivity index (χ4v) is 2.61. The molecule has 1 aliphatic rings. The van der Waals surface area contributed by atoms with E-state index in [0.717, 1.165) is 45.1 Å². The Morgan fingerprint density at radius 3 is 2.52 bits per heavy atom. The lowest BCUT2D eigenvalue weighted by molar-refractivity contribution is 0.122. The van der Waals surface area contributed by atoms with Crippen LogP contribution in [0.2, 0.25) is 0 Å². The third-order valence-corrected chi connectivity index (χ3v) is 3.92. The van der Waals surface area contributed by atoms with Crippen molar-refractivity contribution in [2.75, 3.05) is 36.5 Å². The van der Waals surface area contributed by atoms with Crippen molar-refractivity contribution in [2.24, 2.45) is 0 Å². The number of morpholine rings is 1. The minimum absolute atomic E-state index is 0.828. The summed E-state index contributed by atoms with van der Waals surface area (Å²) in [7, 11) is 0. The summed E-state index contributed by atoms with van der Waals surface area (Å²) in [5, 5.41) is 3.47. The summed E-state index contributed by atoms with van der Waals surface area (Å²) < 4.78 is 7.58. The zero-order chi connectivity index (χ0) is 14.5. The van der Waals surface area contributed by atoms with Crippen molar-refractivity contribution in [3.8, 4) is 0 Å². The maximum absolute atomic E-state index is 5.39. The minimum atomic E-state index is 0.828. The molecule has 0 saturated carbocycles. The largest absolute Gasteiger partial charge is 0.381 e. The molecule has 1 aromatic carbocycles. The van der Waals surface area contributed by atoms with Gasteiger partial charge in [-0.25, -0.2) is 0 Å². The molecule has 3 rings (SSSR count). The van der Waals surface area contributed by atoms with E-state index < -0.39 is 0 Å². The van der Waals surface area contributed by atoms with E-state index >= 15 is 0 Å². The number of anilines is 2. The smallest absolute Gasteiger partial charge is 0.0642 e. The Hall–Kier alpha value is -1.94. The van der Waals surface area contributed by atoms with E-state index in [0.29, 0.717) is 0 Å². The van der Waals surface area contributed by atoms with Crippen LogP contribution in [-0.4, -0.2) is 30.9 Å². The van der Waals surface area contributed by atoms with Crippen LogP contribution in [0, 0.1) is 0 Å². The third kappa shape index (κ3) is 3.58. The van der Waals surface area contributed by atoms with Crippen molar-refractivity contribution in [3.63, 3.8) is 0 Å². The van der Waals surface area contributed by atoms with Gasteiger partial charge < -0.3 is 19.5 Å². The van der Waals surface area contributed by atoms with Gasteiger partial charge in [-0.3, -0.25) is 0 Å². The molecule has 1 aromatic heterocycles. The van der Waals surface area contributed by atoms with Crippen molar-refractivity contribution in [3.05, 3.63) is 48.3 Å². The van der Waals surface area contributed by atoms with Crippen molar-refractivity contribution >= 4 is 11.4 Å². The summed E-state index contributed by atoms with van der Waals surface area (Å²) >= 11 is 0. The highest BCUT2D eigenvalue weighted by Crippen LogP contribution is 2.19. The second kappa shape index (κ2) is 6.68. The van der Waals surface area contributed by atoms with Crippen molar-refractivity contribution in [2.45, 2.75) is 20.0 Å². The molecule has 0 aliphatic carbocycles. The molecule has 1 saturated heterocycles. The van der Waals surface area contributed by atoms with Crippen LogP contribution in [-0.2, 0) is 17.8 Å². The first-order chi connectivity index (χ1) is 10.3. The highest BCUT2D eigenvalue weighted by atomic mass is 16.5. The Morgan fingerprint density at radius 2 is 1.86 bits per heavy atom. The number of aryl methyl sites for hydroxylation is 1. The Kier molecular flexibility index (Phi) is 4.46. The van der Waals surface area contributed by atoms with Gasteiger partial charge >= 0.3 is 0 Å². The topological polar surface area (TPSA) is 29.4 Å². The molecule has 4 heteroatoms. The van der Waals surface area contributed by atoms with Crippen LogP contribution >= 0.6 is 0 Å². The maximum atomic E-state index is 5.39. The van der Waals surface area contributed by atoms with E-state index in [-0.39, 0.29) is 0 Å². The zero-order valence-corrected chi connectivity index (χ0v) is 12.6. The first-order valence-electron chi connectivity index (χ1n) is 7.66. The fraction of sp³-hybridized carbons (Fsp3) is 0.412. The van der Waals surface area contributed by atoms with E-state index in [1.165, 1.54) is 11.3 Å². The summed E-state index contributed by atoms with van der Waals surface area (Å²) in [5.74, 6) is 0. The summed E-state index contributed by atoms with van der Waals surface area (Å²) in [5.41, 5.74) is 3.76. The molecule has 1 fully saturated rings. The van der Waals surface area contributed by atoms with Crippen LogP contribution in [0.5, 0.6) is 0 Å². The zero-order valence-electron chi connectivity index (χ0n) is 12.6. The molecule has 1 N–H and O–H groups in total. The minimum Gasteiger partial charge on any atom is -0.381 e. The SMILES string of the molecule is CCn1ccc(CNc2ccc(N3CCOCC3)cc2)c1. The van der Waals surface area contributed by atoms with Gasteiger partial charge in [0.2, 0.25) is 0 Å². The van der Waals surface area contributed by atoms with Gasteiger partial charge in [-0.15, -0.1) is 0 Å². The van der Waals surface area contributed by atoms with Crippen LogP contribution in [0.1, 0.15) is 12.5 Å². The quantitative estimate of drug-likeness (QED) is 0.916. The molecule has 2 aromatic rings. The van der Waals surface area contributed by atoms with Crippen LogP contribution in [0.3, 0.4) is 0 Å². The first-order valence-corrected chi connectivity index (χ1v) is 7.66. The molecule has 0 spiro atoms. The van der Waals surface area contributed by atoms with Crippen molar-refractivity contribution < 1.29 is 4.74 Å². The Balaban J connectivity index is 1.56. The molecule has 2 heterocycles. The standard InChI is InChI=1S/C17H23N3O/c1-2-19-8-7-15(14-19)13-18-16-3-5-17(6-4-16)20-9-11-21-12-10-20/h3-8,14,18H,2,9-13H2,1H3. The summed E-state index contributed by atoms with van der Waals surface area (Å²) in [6.07, 6.45) is 4.31. The number of ether oxygens (including phenoxy) is 1. The summed E-state index contributed by atoms with van der Waals surface area (Å²) in [6.45, 7) is 7.66. The number of hydrogen-bond donors (Lipinski definition) is 1. The summed E-state index contributed by atoms with van der Waals surface area (Å²) in [4.78, 5) is 2.37. The Labute approximate surface area is 126 Å². The molecular weight excluding hydrogens is 262 g/mol. The number of hydrogen-bond acceptors (Lipinski definition) is 3. The monoisotopic (exact) mass is 285 g/mol. The highest BCUT2D eigenvalue weighted by Gasteiger charge is 2.10. The molecule has 0 radical (unpaired) electrons. The number of benzene rings is 1. The number of nitrogens with zero attached hydrogens (tertiary/aromatic N) is 2. The third-order valence-electron chi connectivity index (χ3n) is 3.92. The lowest BCUT2D eigenvalue weighted by Crippen LogP contribution is -2.36. The normalized spacial score (nSPS) is 15.2. The number of aromatic nitrogens is 1. The van der Waals surface area contributed by atoms with Gasteiger partial charge in [0.25, 0.3) is 0 Å². The fourth-order valence-electron chi connectivity index (χ4n) is 2.61. The second-order valence-electron chi connectivity index (χ2n) is 5.35. The van der Waals surface area contributed by atoms with E-state index in [1.807, 2.05) is 0 Å². The van der Waals surface area contributed by atoms with Gasteiger partial charge in [0.1, 0.15) is 0 Å². The molecule has 0 bridgehead atoms. The Bertz CT molecular complexity index is 556. The van der Waals surface area contributed by atoms with Crippen molar-refractivity contribution in [1.29, 1.82) is 0 Å². The molecule has 4 nitrogen and oxygen atoms in total. The number of rotatable bonds is 5. The molecule has 1 aliphatic heterocycles. The second-order valence-corrected chi connectivity index (χ2v) is 5.35. The van der Waals surface area contributed by atoms with E-state index in [1.54, 1.807) is 0 Å². The maximum Gasteiger partial charge on any atom is 0.0642 e. The first kappa shape index (κ1) is 14.0. The molecule has 0 atom stereocenters. The predicted octanol–water partition coefficient (Wildman–Crippen LogP) is 2.96. The molecule has 0 unspecified atom stereocenters. The predicted molar refractivity (Wildman–Crippen MR) is 86.9 cm³/mol. The molecular formula is C17H23N3O. The van der Waals surface area contributed by atoms with Gasteiger partial charge in [-0.1, -0.05) is 0 Å². The van der Waals surface area contributed by atoms with Crippen LogP contribution in [0.25, 0.3) is 0 Å².